The molecule has 1 spiro atoms. The van der Waals surface area contributed by atoms with Crippen LogP contribution in [0.1, 0.15) is 51.9 Å². The monoisotopic (exact) mass is 252 g/mol. The van der Waals surface area contributed by atoms with Crippen molar-refractivity contribution in [2.75, 3.05) is 13.2 Å². The van der Waals surface area contributed by atoms with Crippen molar-refractivity contribution in [1.82, 2.24) is 10.2 Å². The van der Waals surface area contributed by atoms with Crippen LogP contribution in [0.5, 0.6) is 0 Å². The molecule has 4 heteroatoms. The molecule has 102 valence electrons. The van der Waals surface area contributed by atoms with Crippen molar-refractivity contribution in [3.63, 3.8) is 0 Å². The molecule has 2 unspecified atom stereocenters. The van der Waals surface area contributed by atoms with E-state index in [1.165, 1.54) is 12.8 Å². The van der Waals surface area contributed by atoms with Crippen molar-refractivity contribution < 1.29 is 9.53 Å². The zero-order chi connectivity index (χ0) is 12.6. The Labute approximate surface area is 109 Å². The molecular weight excluding hydrogens is 228 g/mol. The van der Waals surface area contributed by atoms with Crippen LogP contribution in [-0.2, 0) is 9.53 Å². The van der Waals surface area contributed by atoms with Crippen molar-refractivity contribution in [2.45, 2.75) is 69.7 Å². The van der Waals surface area contributed by atoms with Crippen molar-refractivity contribution >= 4 is 5.91 Å². The first kappa shape index (κ1) is 12.4. The maximum absolute atomic E-state index is 12.4. The van der Waals surface area contributed by atoms with Gasteiger partial charge in [-0.25, -0.2) is 0 Å². The van der Waals surface area contributed by atoms with Gasteiger partial charge in [-0.05, 0) is 44.9 Å². The largest absolute Gasteiger partial charge is 0.378 e. The molecule has 1 N–H and O–H groups in total. The average Bonchev–Trinajstić information content (AvgIpc) is 3.13. The van der Waals surface area contributed by atoms with E-state index in [0.717, 1.165) is 45.3 Å². The summed E-state index contributed by atoms with van der Waals surface area (Å²) in [5.41, 5.74) is -0.159. The normalized spacial score (nSPS) is 34.3. The number of carbonyl (C=O) groups excluding carboxylic acids is 1. The van der Waals surface area contributed by atoms with Gasteiger partial charge in [0.2, 0.25) is 5.91 Å². The predicted octanol–water partition coefficient (Wildman–Crippen LogP) is 1.65. The highest BCUT2D eigenvalue weighted by Gasteiger charge is 2.58. The van der Waals surface area contributed by atoms with Gasteiger partial charge >= 0.3 is 0 Å². The van der Waals surface area contributed by atoms with Gasteiger partial charge in [0.25, 0.3) is 0 Å². The van der Waals surface area contributed by atoms with Gasteiger partial charge in [-0.3, -0.25) is 10.1 Å². The summed E-state index contributed by atoms with van der Waals surface area (Å²) in [5.74, 6) is 0.338. The fraction of sp³-hybridized carbons (Fsp3) is 0.929. The maximum atomic E-state index is 12.4. The number of nitrogens with zero attached hydrogens (tertiary/aromatic N) is 1. The standard InChI is InChI=1S/C14H24N2O2/c1-2-12-15-14(7-8-14)13(17)16(12)9-6-11-5-3-4-10-18-11/h11-12,15H,2-10H2,1H3. The molecule has 2 atom stereocenters. The zero-order valence-corrected chi connectivity index (χ0v) is 11.3. The summed E-state index contributed by atoms with van der Waals surface area (Å²) in [7, 11) is 0. The molecule has 4 nitrogen and oxygen atoms in total. The lowest BCUT2D eigenvalue weighted by Gasteiger charge is -2.27. The lowest BCUT2D eigenvalue weighted by Crippen LogP contribution is -2.39. The minimum atomic E-state index is -0.159. The molecule has 3 aliphatic rings. The molecule has 2 aliphatic heterocycles. The van der Waals surface area contributed by atoms with Crippen LogP contribution in [0.2, 0.25) is 0 Å². The lowest BCUT2D eigenvalue weighted by molar-refractivity contribution is -0.131. The zero-order valence-electron chi connectivity index (χ0n) is 11.3. The fourth-order valence-electron chi connectivity index (χ4n) is 3.26. The van der Waals surface area contributed by atoms with Crippen LogP contribution in [0.15, 0.2) is 0 Å². The number of rotatable bonds is 4. The highest BCUT2D eigenvalue weighted by atomic mass is 16.5. The summed E-state index contributed by atoms with van der Waals surface area (Å²) in [4.78, 5) is 14.4. The summed E-state index contributed by atoms with van der Waals surface area (Å²) in [6.45, 7) is 3.91. The summed E-state index contributed by atoms with van der Waals surface area (Å²) >= 11 is 0. The SMILES string of the molecule is CCC1NC2(CC2)C(=O)N1CCC1CCCCO1. The summed E-state index contributed by atoms with van der Waals surface area (Å²) < 4.78 is 5.75. The molecule has 2 heterocycles. The molecular formula is C14H24N2O2. The molecule has 0 aromatic heterocycles. The van der Waals surface area contributed by atoms with E-state index < -0.39 is 0 Å². The molecule has 0 bridgehead atoms. The fourth-order valence-corrected chi connectivity index (χ4v) is 3.26. The van der Waals surface area contributed by atoms with E-state index in [-0.39, 0.29) is 11.7 Å². The summed E-state index contributed by atoms with van der Waals surface area (Å²) in [5, 5.41) is 3.51. The number of nitrogens with one attached hydrogen (secondary N) is 1. The molecule has 18 heavy (non-hydrogen) atoms. The van der Waals surface area contributed by atoms with Crippen LogP contribution < -0.4 is 5.32 Å². The smallest absolute Gasteiger partial charge is 0.244 e. The van der Waals surface area contributed by atoms with Crippen molar-refractivity contribution in [2.24, 2.45) is 0 Å². The van der Waals surface area contributed by atoms with Gasteiger partial charge < -0.3 is 9.64 Å². The number of ether oxygens (including phenoxy) is 1. The first-order chi connectivity index (χ1) is 8.75. The molecule has 1 aliphatic carbocycles. The molecule has 3 rings (SSSR count). The van der Waals surface area contributed by atoms with Crippen molar-refractivity contribution in [3.05, 3.63) is 0 Å². The Bertz CT molecular complexity index is 322. The van der Waals surface area contributed by atoms with E-state index in [0.29, 0.717) is 12.0 Å². The molecule has 0 aromatic rings. The second-order valence-electron chi connectivity index (χ2n) is 5.93. The first-order valence-corrected chi connectivity index (χ1v) is 7.45. The molecule has 2 saturated heterocycles. The van der Waals surface area contributed by atoms with Gasteiger partial charge in [0.1, 0.15) is 0 Å². The number of hydrogen-bond acceptors (Lipinski definition) is 3. The third kappa shape index (κ3) is 2.16. The maximum Gasteiger partial charge on any atom is 0.244 e. The minimum absolute atomic E-state index is 0.159. The van der Waals surface area contributed by atoms with E-state index in [2.05, 4.69) is 17.1 Å². The number of hydrogen-bond donors (Lipinski definition) is 1. The molecule has 0 aromatic carbocycles. The van der Waals surface area contributed by atoms with Crippen LogP contribution in [0.3, 0.4) is 0 Å². The van der Waals surface area contributed by atoms with Gasteiger partial charge in [0.05, 0.1) is 17.8 Å². The molecule has 0 radical (unpaired) electrons. The second kappa shape index (κ2) is 4.82. The number of amides is 1. The molecule has 1 amide bonds. The quantitative estimate of drug-likeness (QED) is 0.827. The topological polar surface area (TPSA) is 41.6 Å². The third-order valence-electron chi connectivity index (χ3n) is 4.59. The Morgan fingerprint density at radius 3 is 2.89 bits per heavy atom. The van der Waals surface area contributed by atoms with Gasteiger partial charge in [-0.15, -0.1) is 0 Å². The van der Waals surface area contributed by atoms with Crippen LogP contribution in [-0.4, -0.2) is 41.8 Å². The highest BCUT2D eigenvalue weighted by Crippen LogP contribution is 2.42. The van der Waals surface area contributed by atoms with Crippen molar-refractivity contribution in [1.29, 1.82) is 0 Å². The van der Waals surface area contributed by atoms with Gasteiger partial charge in [0, 0.05) is 13.2 Å². The summed E-state index contributed by atoms with van der Waals surface area (Å²) in [6, 6.07) is 0. The molecule has 1 saturated carbocycles. The van der Waals surface area contributed by atoms with Gasteiger partial charge in [-0.2, -0.15) is 0 Å². The Kier molecular flexibility index (Phi) is 3.32. The van der Waals surface area contributed by atoms with E-state index in [1.54, 1.807) is 0 Å². The van der Waals surface area contributed by atoms with E-state index in [1.807, 2.05) is 0 Å². The van der Waals surface area contributed by atoms with Crippen LogP contribution in [0.25, 0.3) is 0 Å². The van der Waals surface area contributed by atoms with Crippen LogP contribution in [0, 0.1) is 0 Å². The lowest BCUT2D eigenvalue weighted by atomic mass is 10.1. The van der Waals surface area contributed by atoms with Gasteiger partial charge in [0.15, 0.2) is 0 Å². The van der Waals surface area contributed by atoms with Gasteiger partial charge in [-0.1, -0.05) is 6.92 Å². The van der Waals surface area contributed by atoms with E-state index in [4.69, 9.17) is 4.74 Å². The van der Waals surface area contributed by atoms with E-state index >= 15 is 0 Å². The Balaban J connectivity index is 1.55. The second-order valence-corrected chi connectivity index (χ2v) is 5.93. The minimum Gasteiger partial charge on any atom is -0.378 e. The van der Waals surface area contributed by atoms with Crippen LogP contribution >= 0.6 is 0 Å². The Hall–Kier alpha value is -0.610. The van der Waals surface area contributed by atoms with E-state index in [9.17, 15) is 4.79 Å². The predicted molar refractivity (Wildman–Crippen MR) is 69.1 cm³/mol. The highest BCUT2D eigenvalue weighted by molar-refractivity contribution is 5.91. The third-order valence-corrected chi connectivity index (χ3v) is 4.59. The molecule has 3 fully saturated rings. The Morgan fingerprint density at radius 2 is 2.28 bits per heavy atom. The number of carbonyl (C=O) groups is 1. The average molecular weight is 252 g/mol. The van der Waals surface area contributed by atoms with Crippen molar-refractivity contribution in [3.8, 4) is 0 Å². The summed E-state index contributed by atoms with van der Waals surface area (Å²) in [6.07, 6.45) is 8.32. The van der Waals surface area contributed by atoms with Crippen LogP contribution in [0.4, 0.5) is 0 Å². The Morgan fingerprint density at radius 1 is 1.44 bits per heavy atom. The first-order valence-electron chi connectivity index (χ1n) is 7.45.